The molecule has 6 heteroatoms. The van der Waals surface area contributed by atoms with Gasteiger partial charge in [-0.3, -0.25) is 4.98 Å². The van der Waals surface area contributed by atoms with Gasteiger partial charge in [-0.05, 0) is 44.5 Å². The van der Waals surface area contributed by atoms with Gasteiger partial charge in [-0.15, -0.1) is 0 Å². The molecule has 1 aliphatic rings. The van der Waals surface area contributed by atoms with E-state index in [2.05, 4.69) is 10.3 Å². The second-order valence-corrected chi connectivity index (χ2v) is 6.41. The van der Waals surface area contributed by atoms with Crippen LogP contribution in [0.5, 0.6) is 5.75 Å². The standard InChI is InChI=1S/C18H22F2N2O2/c1-12(2)24-13-3-4-16-15(9-13)17(6-8-21-16)22-10-14-5-7-18(19,20)11-23-14/h3-4,6,8-9,12,14H,5,7,10-11H2,1-2H3,(H,21,22). The third-order valence-corrected chi connectivity index (χ3v) is 3.97. The van der Waals surface area contributed by atoms with E-state index in [0.29, 0.717) is 13.0 Å². The Morgan fingerprint density at radius 1 is 1.38 bits per heavy atom. The van der Waals surface area contributed by atoms with E-state index in [1.807, 2.05) is 38.1 Å². The molecule has 1 saturated heterocycles. The summed E-state index contributed by atoms with van der Waals surface area (Å²) in [5.41, 5.74) is 1.75. The van der Waals surface area contributed by atoms with Gasteiger partial charge in [0.2, 0.25) is 0 Å². The van der Waals surface area contributed by atoms with Crippen molar-refractivity contribution in [3.05, 3.63) is 30.5 Å². The molecule has 1 N–H and O–H groups in total. The minimum atomic E-state index is -2.69. The molecular weight excluding hydrogens is 314 g/mol. The monoisotopic (exact) mass is 336 g/mol. The van der Waals surface area contributed by atoms with Gasteiger partial charge in [0.25, 0.3) is 5.92 Å². The van der Waals surface area contributed by atoms with Crippen LogP contribution >= 0.6 is 0 Å². The molecular formula is C18H22F2N2O2. The Morgan fingerprint density at radius 3 is 2.92 bits per heavy atom. The summed E-state index contributed by atoms with van der Waals surface area (Å²) < 4.78 is 37.2. The number of pyridine rings is 1. The molecule has 1 atom stereocenters. The number of halogens is 2. The minimum absolute atomic E-state index is 0.0906. The molecule has 24 heavy (non-hydrogen) atoms. The summed E-state index contributed by atoms with van der Waals surface area (Å²) in [5, 5.41) is 4.24. The van der Waals surface area contributed by atoms with Gasteiger partial charge in [0.05, 0.1) is 17.7 Å². The van der Waals surface area contributed by atoms with Crippen LogP contribution < -0.4 is 10.1 Å². The summed E-state index contributed by atoms with van der Waals surface area (Å²) >= 11 is 0. The van der Waals surface area contributed by atoms with Gasteiger partial charge < -0.3 is 14.8 Å². The molecule has 1 aliphatic heterocycles. The summed E-state index contributed by atoms with van der Waals surface area (Å²) in [4.78, 5) is 4.35. The van der Waals surface area contributed by atoms with Crippen LogP contribution in [0.4, 0.5) is 14.5 Å². The second kappa shape index (κ2) is 6.89. The van der Waals surface area contributed by atoms with Crippen molar-refractivity contribution < 1.29 is 18.3 Å². The molecule has 1 unspecified atom stereocenters. The first-order chi connectivity index (χ1) is 11.4. The largest absolute Gasteiger partial charge is 0.491 e. The first-order valence-corrected chi connectivity index (χ1v) is 8.22. The van der Waals surface area contributed by atoms with Crippen molar-refractivity contribution in [3.8, 4) is 5.75 Å². The number of hydrogen-bond donors (Lipinski definition) is 1. The zero-order chi connectivity index (χ0) is 17.2. The van der Waals surface area contributed by atoms with E-state index in [1.54, 1.807) is 6.20 Å². The molecule has 3 rings (SSSR count). The van der Waals surface area contributed by atoms with Crippen LogP contribution in [0.3, 0.4) is 0 Å². The SMILES string of the molecule is CC(C)Oc1ccc2nccc(NCC3CCC(F)(F)CO3)c2c1. The molecule has 0 amide bonds. The van der Waals surface area contributed by atoms with Crippen molar-refractivity contribution in [1.82, 2.24) is 4.98 Å². The molecule has 1 fully saturated rings. The van der Waals surface area contributed by atoms with Crippen LogP contribution in [-0.2, 0) is 4.74 Å². The Hall–Kier alpha value is -1.95. The van der Waals surface area contributed by atoms with Crippen molar-refractivity contribution >= 4 is 16.6 Å². The van der Waals surface area contributed by atoms with Crippen LogP contribution in [0.1, 0.15) is 26.7 Å². The number of ether oxygens (including phenoxy) is 2. The van der Waals surface area contributed by atoms with Crippen LogP contribution in [0.2, 0.25) is 0 Å². The fourth-order valence-electron chi connectivity index (χ4n) is 2.78. The Bertz CT molecular complexity index is 696. The molecule has 2 aromatic rings. The lowest BCUT2D eigenvalue weighted by molar-refractivity contribution is -0.140. The van der Waals surface area contributed by atoms with Gasteiger partial charge in [0.1, 0.15) is 12.4 Å². The minimum Gasteiger partial charge on any atom is -0.491 e. The highest BCUT2D eigenvalue weighted by Crippen LogP contribution is 2.29. The summed E-state index contributed by atoms with van der Waals surface area (Å²) in [6, 6.07) is 7.63. The summed E-state index contributed by atoms with van der Waals surface area (Å²) in [6.45, 7) is 3.94. The Labute approximate surface area is 140 Å². The first-order valence-electron chi connectivity index (χ1n) is 8.22. The van der Waals surface area contributed by atoms with Crippen molar-refractivity contribution in [3.63, 3.8) is 0 Å². The van der Waals surface area contributed by atoms with E-state index in [0.717, 1.165) is 22.3 Å². The summed E-state index contributed by atoms with van der Waals surface area (Å²) in [7, 11) is 0. The van der Waals surface area contributed by atoms with E-state index in [9.17, 15) is 8.78 Å². The van der Waals surface area contributed by atoms with Crippen LogP contribution in [-0.4, -0.2) is 36.3 Å². The van der Waals surface area contributed by atoms with Gasteiger partial charge in [-0.1, -0.05) is 0 Å². The fraction of sp³-hybridized carbons (Fsp3) is 0.500. The predicted octanol–water partition coefficient (Wildman–Crippen LogP) is 4.25. The van der Waals surface area contributed by atoms with Crippen molar-refractivity contribution in [1.29, 1.82) is 0 Å². The molecule has 4 nitrogen and oxygen atoms in total. The fourth-order valence-corrected chi connectivity index (χ4v) is 2.78. The molecule has 130 valence electrons. The van der Waals surface area contributed by atoms with Crippen molar-refractivity contribution in [2.24, 2.45) is 0 Å². The van der Waals surface area contributed by atoms with Crippen molar-refractivity contribution in [2.45, 2.75) is 44.8 Å². The Kier molecular flexibility index (Phi) is 4.85. The maximum atomic E-state index is 13.1. The number of benzene rings is 1. The Morgan fingerprint density at radius 2 is 2.21 bits per heavy atom. The topological polar surface area (TPSA) is 43.4 Å². The maximum absolute atomic E-state index is 13.1. The number of alkyl halides is 2. The molecule has 0 radical (unpaired) electrons. The van der Waals surface area contributed by atoms with E-state index in [-0.39, 0.29) is 18.6 Å². The number of anilines is 1. The lowest BCUT2D eigenvalue weighted by Crippen LogP contribution is -2.37. The first kappa shape index (κ1) is 16.9. The zero-order valence-electron chi connectivity index (χ0n) is 13.9. The summed E-state index contributed by atoms with van der Waals surface area (Å²) in [5.74, 6) is -1.91. The highest BCUT2D eigenvalue weighted by molar-refractivity contribution is 5.92. The van der Waals surface area contributed by atoms with Crippen LogP contribution in [0.15, 0.2) is 30.5 Å². The average molecular weight is 336 g/mol. The molecule has 1 aromatic heterocycles. The molecule has 1 aromatic carbocycles. The number of hydrogen-bond acceptors (Lipinski definition) is 4. The van der Waals surface area contributed by atoms with E-state index in [1.165, 1.54) is 0 Å². The van der Waals surface area contributed by atoms with E-state index < -0.39 is 12.5 Å². The second-order valence-electron chi connectivity index (χ2n) is 6.41. The molecule has 0 aliphatic carbocycles. The predicted molar refractivity (Wildman–Crippen MR) is 89.9 cm³/mol. The normalized spacial score (nSPS) is 20.3. The number of rotatable bonds is 5. The van der Waals surface area contributed by atoms with Crippen molar-refractivity contribution in [2.75, 3.05) is 18.5 Å². The van der Waals surface area contributed by atoms with Gasteiger partial charge in [-0.25, -0.2) is 8.78 Å². The third kappa shape index (κ3) is 4.12. The number of nitrogens with one attached hydrogen (secondary N) is 1. The zero-order valence-corrected chi connectivity index (χ0v) is 13.9. The molecule has 2 heterocycles. The van der Waals surface area contributed by atoms with Crippen LogP contribution in [0.25, 0.3) is 10.9 Å². The van der Waals surface area contributed by atoms with Gasteiger partial charge in [0, 0.05) is 30.2 Å². The smallest absolute Gasteiger partial charge is 0.271 e. The van der Waals surface area contributed by atoms with Gasteiger partial charge in [-0.2, -0.15) is 0 Å². The quantitative estimate of drug-likeness (QED) is 0.886. The lowest BCUT2D eigenvalue weighted by atomic mass is 10.1. The molecule has 0 spiro atoms. The highest BCUT2D eigenvalue weighted by Gasteiger charge is 2.35. The molecule has 0 saturated carbocycles. The summed E-state index contributed by atoms with van der Waals surface area (Å²) in [6.07, 6.45) is 1.84. The van der Waals surface area contributed by atoms with Crippen LogP contribution in [0, 0.1) is 0 Å². The number of nitrogens with zero attached hydrogens (tertiary/aromatic N) is 1. The molecule has 0 bridgehead atoms. The number of aromatic nitrogens is 1. The number of fused-ring (bicyclic) bond motifs is 1. The van der Waals surface area contributed by atoms with Gasteiger partial charge >= 0.3 is 0 Å². The van der Waals surface area contributed by atoms with Gasteiger partial charge in [0.15, 0.2) is 0 Å². The van der Waals surface area contributed by atoms with E-state index in [4.69, 9.17) is 9.47 Å². The lowest BCUT2D eigenvalue weighted by Gasteiger charge is -2.29. The average Bonchev–Trinajstić information content (AvgIpc) is 2.53. The third-order valence-electron chi connectivity index (χ3n) is 3.97. The highest BCUT2D eigenvalue weighted by atomic mass is 19.3. The maximum Gasteiger partial charge on any atom is 0.271 e. The Balaban J connectivity index is 1.72. The van der Waals surface area contributed by atoms with E-state index >= 15 is 0 Å².